The zero-order valence-electron chi connectivity index (χ0n) is 30.1. The molecule has 0 spiro atoms. The number of hydrogen-bond acceptors (Lipinski definition) is 8. The number of nitrogens with one attached hydrogen (secondary N) is 1. The Morgan fingerprint density at radius 2 is 1.90 bits per heavy atom. The van der Waals surface area contributed by atoms with E-state index < -0.39 is 30.2 Å². The number of hydrogen-bond donors (Lipinski definition) is 1. The van der Waals surface area contributed by atoms with E-state index in [1.807, 2.05) is 39.0 Å². The molecule has 3 aromatic heterocycles. The van der Waals surface area contributed by atoms with Crippen LogP contribution in [0.25, 0.3) is 16.9 Å². The van der Waals surface area contributed by atoms with Crippen LogP contribution in [0.3, 0.4) is 0 Å². The Morgan fingerprint density at radius 3 is 2.51 bits per heavy atom. The Kier molecular flexibility index (Phi) is 14.0. The Labute approximate surface area is 307 Å². The predicted octanol–water partition coefficient (Wildman–Crippen LogP) is 8.26. The van der Waals surface area contributed by atoms with Crippen LogP contribution in [0, 0.1) is 12.8 Å². The first kappa shape index (κ1) is 40.2. The molecule has 3 unspecified atom stereocenters. The highest BCUT2D eigenvalue weighted by Gasteiger charge is 2.50. The summed E-state index contributed by atoms with van der Waals surface area (Å²) in [6.07, 6.45) is 2.76. The van der Waals surface area contributed by atoms with Crippen LogP contribution >= 0.6 is 23.6 Å². The van der Waals surface area contributed by atoms with Gasteiger partial charge in [-0.1, -0.05) is 47.5 Å². The Hall–Kier alpha value is -3.59. The molecule has 0 aliphatic carbocycles. The Bertz CT molecular complexity index is 1720. The third kappa shape index (κ3) is 11.2. The number of aromatic nitrogens is 4. The molecule has 0 radical (unpaired) electrons. The van der Waals surface area contributed by atoms with Crippen LogP contribution in [-0.4, -0.2) is 92.0 Å². The number of carbonyl (C=O) groups is 1. The van der Waals surface area contributed by atoms with Crippen molar-refractivity contribution >= 4 is 35.3 Å². The van der Waals surface area contributed by atoms with Crippen LogP contribution in [-0.2, 0) is 4.18 Å². The maximum atomic E-state index is 14.0. The van der Waals surface area contributed by atoms with Gasteiger partial charge in [0, 0.05) is 55.1 Å². The van der Waals surface area contributed by atoms with Crippen molar-refractivity contribution in [3.05, 3.63) is 77.6 Å². The second-order valence-electron chi connectivity index (χ2n) is 13.3. The largest absolute Gasteiger partial charge is 0.494 e. The van der Waals surface area contributed by atoms with Crippen LogP contribution in [0.4, 0.5) is 18.0 Å². The first-order valence-corrected chi connectivity index (χ1v) is 17.9. The highest BCUT2D eigenvalue weighted by atomic mass is 35.5. The van der Waals surface area contributed by atoms with Gasteiger partial charge < -0.3 is 28.4 Å². The minimum Gasteiger partial charge on any atom is -0.494 e. The average molecular weight is 750 g/mol. The molecule has 1 N–H and O–H groups in total. The van der Waals surface area contributed by atoms with Crippen LogP contribution < -0.4 is 10.1 Å². The predicted molar refractivity (Wildman–Crippen MR) is 196 cm³/mol. The molecular weight excluding hydrogens is 703 g/mol. The number of carbonyl (C=O) groups excluding carboxylic acids is 1. The van der Waals surface area contributed by atoms with E-state index in [-0.39, 0.29) is 29.5 Å². The normalized spacial score (nSPS) is 17.2. The van der Waals surface area contributed by atoms with E-state index in [1.54, 1.807) is 47.8 Å². The number of ether oxygens (including phenoxy) is 1. The minimum atomic E-state index is -4.45. The molecule has 1 aliphatic rings. The zero-order chi connectivity index (χ0) is 37.3. The van der Waals surface area contributed by atoms with Gasteiger partial charge in [0.25, 0.3) is 0 Å². The molecule has 4 heterocycles. The van der Waals surface area contributed by atoms with Gasteiger partial charge in [0.15, 0.2) is 10.8 Å². The van der Waals surface area contributed by atoms with Crippen molar-refractivity contribution in [3.63, 3.8) is 0 Å². The summed E-state index contributed by atoms with van der Waals surface area (Å²) in [5.74, 6) is -1.23. The molecule has 1 aromatic carbocycles. The molecular formula is C36H47ClF3N7O3S. The number of halogens is 4. The summed E-state index contributed by atoms with van der Waals surface area (Å²) in [6.45, 7) is 12.8. The average Bonchev–Trinajstić information content (AvgIpc) is 3.72. The molecule has 10 nitrogen and oxygen atoms in total. The molecule has 4 aromatic rings. The number of imidazole rings is 1. The van der Waals surface area contributed by atoms with Gasteiger partial charge >= 0.3 is 12.2 Å². The maximum absolute atomic E-state index is 14.0. The first-order chi connectivity index (χ1) is 24.1. The van der Waals surface area contributed by atoms with Gasteiger partial charge in [-0.15, -0.1) is 0 Å². The molecule has 0 saturated carbocycles. The molecule has 15 heteroatoms. The summed E-state index contributed by atoms with van der Waals surface area (Å²) in [7, 11) is 1.51. The van der Waals surface area contributed by atoms with Gasteiger partial charge in [0.2, 0.25) is 0 Å². The van der Waals surface area contributed by atoms with Crippen molar-refractivity contribution in [1.82, 2.24) is 34.5 Å². The molecule has 3 atom stereocenters. The fourth-order valence-corrected chi connectivity index (χ4v) is 6.51. The Balaban J connectivity index is 0.000000742. The summed E-state index contributed by atoms with van der Waals surface area (Å²) in [5, 5.41) is 2.88. The second-order valence-corrected chi connectivity index (χ2v) is 15.3. The summed E-state index contributed by atoms with van der Waals surface area (Å²) in [5.41, 5.74) is 3.42. The van der Waals surface area contributed by atoms with Gasteiger partial charge in [0.05, 0.1) is 49.3 Å². The molecule has 278 valence electrons. The second kappa shape index (κ2) is 17.8. The molecule has 1 aliphatic heterocycles. The molecule has 2 amide bonds. The van der Waals surface area contributed by atoms with Crippen LogP contribution in [0.15, 0.2) is 61.2 Å². The molecule has 5 rings (SSSR count). The van der Waals surface area contributed by atoms with E-state index in [1.165, 1.54) is 35.8 Å². The minimum absolute atomic E-state index is 0.0605. The lowest BCUT2D eigenvalue weighted by Gasteiger charge is -2.31. The number of likely N-dealkylation sites (tertiary alicyclic amines) is 1. The summed E-state index contributed by atoms with van der Waals surface area (Å²) < 4.78 is 54.9. The highest BCUT2D eigenvalue weighted by Crippen LogP contribution is 2.35. The summed E-state index contributed by atoms with van der Waals surface area (Å²) in [6, 6.07) is 9.76. The SMILES string of the molecule is CCN(C(=O)NC1CN(CCCOSC(C)(C)C)CC1C(F)(F)F)C(C)c1cc(-c2cn3ccnc3c(Cl)n2)c(OC)cn1.Cc1ccccc1. The van der Waals surface area contributed by atoms with E-state index in [0.717, 1.165) is 0 Å². The van der Waals surface area contributed by atoms with E-state index in [2.05, 4.69) is 39.3 Å². The molecule has 51 heavy (non-hydrogen) atoms. The van der Waals surface area contributed by atoms with Crippen LogP contribution in [0.5, 0.6) is 5.75 Å². The van der Waals surface area contributed by atoms with Crippen molar-refractivity contribution in [3.8, 4) is 17.0 Å². The number of methoxy groups -OCH3 is 1. The monoisotopic (exact) mass is 749 g/mol. The van der Waals surface area contributed by atoms with Crippen molar-refractivity contribution in [2.45, 2.75) is 71.0 Å². The number of benzene rings is 1. The Morgan fingerprint density at radius 1 is 1.18 bits per heavy atom. The number of aryl methyl sites for hydroxylation is 1. The van der Waals surface area contributed by atoms with Gasteiger partial charge in [-0.25, -0.2) is 14.8 Å². The number of alkyl halides is 3. The smallest absolute Gasteiger partial charge is 0.395 e. The lowest BCUT2D eigenvalue weighted by atomic mass is 10.0. The number of pyridine rings is 1. The third-order valence-electron chi connectivity index (χ3n) is 8.29. The lowest BCUT2D eigenvalue weighted by Crippen LogP contribution is -2.51. The molecule has 0 bridgehead atoms. The summed E-state index contributed by atoms with van der Waals surface area (Å²) >= 11 is 7.71. The quantitative estimate of drug-likeness (QED) is 0.121. The lowest BCUT2D eigenvalue weighted by molar-refractivity contribution is -0.174. The van der Waals surface area contributed by atoms with E-state index in [0.29, 0.717) is 47.9 Å². The van der Waals surface area contributed by atoms with Gasteiger partial charge in [-0.2, -0.15) is 13.2 Å². The van der Waals surface area contributed by atoms with Crippen molar-refractivity contribution in [1.29, 1.82) is 0 Å². The molecule has 1 fully saturated rings. The fraction of sp³-hybridized carbons (Fsp3) is 0.500. The highest BCUT2D eigenvalue weighted by molar-refractivity contribution is 7.96. The summed E-state index contributed by atoms with van der Waals surface area (Å²) in [4.78, 5) is 29.8. The zero-order valence-corrected chi connectivity index (χ0v) is 31.6. The third-order valence-corrected chi connectivity index (χ3v) is 9.33. The van der Waals surface area contributed by atoms with Crippen molar-refractivity contribution in [2.24, 2.45) is 5.92 Å². The number of nitrogens with zero attached hydrogens (tertiary/aromatic N) is 6. The van der Waals surface area contributed by atoms with Crippen LogP contribution in [0.1, 0.15) is 58.3 Å². The van der Waals surface area contributed by atoms with Gasteiger partial charge in [-0.05, 0) is 66.1 Å². The van der Waals surface area contributed by atoms with Crippen molar-refractivity contribution in [2.75, 3.05) is 39.9 Å². The first-order valence-electron chi connectivity index (χ1n) is 16.8. The van der Waals surface area contributed by atoms with E-state index in [9.17, 15) is 18.0 Å². The van der Waals surface area contributed by atoms with Crippen LogP contribution in [0.2, 0.25) is 5.15 Å². The maximum Gasteiger partial charge on any atom is 0.395 e. The topological polar surface area (TPSA) is 97.1 Å². The number of rotatable bonds is 11. The standard InChI is InChI=1S/C29H39ClF3N7O3S.C7H8/c1-7-40(27(41)37-23-16-38(15-20(23)29(31,32)33)10-8-12-43-44-28(3,4)5)18(2)21-13-19(24(42-6)14-35-21)22-17-39-11-9-34-26(39)25(30)36-22;1-7-5-3-2-4-6-7/h9,11,13-14,17-18,20,23H,7-8,10,12,15-16H2,1-6H3,(H,37,41);2-6H,1H3. The fourth-order valence-electron chi connectivity index (χ4n) is 5.71. The van der Waals surface area contributed by atoms with Crippen molar-refractivity contribution < 1.29 is 26.9 Å². The molecule has 1 saturated heterocycles. The number of urea groups is 1. The number of amides is 2. The van der Waals surface area contributed by atoms with Gasteiger partial charge in [-0.3, -0.25) is 4.98 Å². The van der Waals surface area contributed by atoms with Gasteiger partial charge in [0.1, 0.15) is 5.75 Å². The van der Waals surface area contributed by atoms with E-state index >= 15 is 0 Å². The number of fused-ring (bicyclic) bond motifs is 1. The van der Waals surface area contributed by atoms with E-state index in [4.69, 9.17) is 20.5 Å².